The summed E-state index contributed by atoms with van der Waals surface area (Å²) in [6.45, 7) is 0. The van der Waals surface area contributed by atoms with Crippen LogP contribution in [0.2, 0.25) is 0 Å². The fourth-order valence-electron chi connectivity index (χ4n) is 4.23. The van der Waals surface area contributed by atoms with Crippen LogP contribution in [0, 0.1) is 0 Å². The molecule has 2 unspecified atom stereocenters. The number of ether oxygens (including phenoxy) is 3. The predicted octanol–water partition coefficient (Wildman–Crippen LogP) is 4.34. The summed E-state index contributed by atoms with van der Waals surface area (Å²) in [4.78, 5) is 0. The molecular weight excluding hydrogens is 597 g/mol. The van der Waals surface area contributed by atoms with E-state index in [1.807, 2.05) is 0 Å². The van der Waals surface area contributed by atoms with Gasteiger partial charge in [-0.1, -0.05) is 0 Å². The molecule has 32 heavy (non-hydrogen) atoms. The maximum absolute atomic E-state index is 5.40. The maximum atomic E-state index is 5.40. The molecular formula is C26H26O3Se3. The molecule has 1 aliphatic rings. The molecule has 4 rings (SSSR count). The van der Waals surface area contributed by atoms with Crippen LogP contribution in [-0.4, -0.2) is 68.3 Å². The first kappa shape index (κ1) is 23.8. The molecule has 6 heteroatoms. The van der Waals surface area contributed by atoms with Gasteiger partial charge in [-0.05, 0) is 0 Å². The molecule has 1 fully saturated rings. The molecule has 0 amide bonds. The number of methoxy groups -OCH3 is 3. The van der Waals surface area contributed by atoms with Gasteiger partial charge in [0.1, 0.15) is 0 Å². The summed E-state index contributed by atoms with van der Waals surface area (Å²) < 4.78 is 16.1. The first-order chi connectivity index (χ1) is 15.4. The monoisotopic (exact) mass is 626 g/mol. The molecule has 1 heterocycles. The van der Waals surface area contributed by atoms with Crippen LogP contribution in [-0.2, 0) is 6.42 Å². The summed E-state index contributed by atoms with van der Waals surface area (Å²) in [5.41, 5.74) is 4.00. The predicted molar refractivity (Wildman–Crippen MR) is 132 cm³/mol. The molecule has 3 aromatic carbocycles. The first-order valence-electron chi connectivity index (χ1n) is 10.4. The Kier molecular flexibility index (Phi) is 7.32. The number of hydrogen-bond donors (Lipinski definition) is 0. The summed E-state index contributed by atoms with van der Waals surface area (Å²) in [5, 5.41) is 0. The zero-order valence-electron chi connectivity index (χ0n) is 18.4. The van der Waals surface area contributed by atoms with Gasteiger partial charge in [0.2, 0.25) is 0 Å². The van der Waals surface area contributed by atoms with Crippen molar-refractivity contribution in [1.29, 1.82) is 0 Å². The van der Waals surface area contributed by atoms with Crippen LogP contribution in [0.25, 0.3) is 0 Å². The van der Waals surface area contributed by atoms with Crippen LogP contribution >= 0.6 is 0 Å². The van der Waals surface area contributed by atoms with Crippen LogP contribution in [0.4, 0.5) is 0 Å². The van der Waals surface area contributed by atoms with Crippen LogP contribution in [0.1, 0.15) is 35.4 Å². The fourth-order valence-corrected chi connectivity index (χ4v) is 13.5. The van der Waals surface area contributed by atoms with E-state index >= 15 is 0 Å². The summed E-state index contributed by atoms with van der Waals surface area (Å²) in [6.07, 6.45) is 2.12. The normalized spacial score (nSPS) is 25.2. The topological polar surface area (TPSA) is 27.7 Å². The van der Waals surface area contributed by atoms with Gasteiger partial charge in [-0.25, -0.2) is 0 Å². The van der Waals surface area contributed by atoms with Crippen LogP contribution in [0.5, 0.6) is 17.2 Å². The van der Waals surface area contributed by atoms with Gasteiger partial charge >= 0.3 is 214 Å². The Hall–Kier alpha value is -1.38. The van der Waals surface area contributed by atoms with Crippen molar-refractivity contribution in [3.63, 3.8) is 0 Å². The third kappa shape index (κ3) is 4.92. The van der Waals surface area contributed by atoms with Crippen LogP contribution in [0.15, 0.2) is 72.8 Å². The Labute approximate surface area is 213 Å². The Balaban J connectivity index is 1.75. The van der Waals surface area contributed by atoms with E-state index in [-0.39, 0.29) is 21.4 Å². The average Bonchev–Trinajstić information content (AvgIpc) is 2.83. The second kappa shape index (κ2) is 9.85. The summed E-state index contributed by atoms with van der Waals surface area (Å²) >= 11 is 7.51. The Morgan fingerprint density at radius 3 is 1.31 bits per heavy atom. The third-order valence-corrected chi connectivity index (χ3v) is 12.6. The third-order valence-electron chi connectivity index (χ3n) is 6.01. The molecule has 0 saturated carbocycles. The van der Waals surface area contributed by atoms with Crippen LogP contribution in [0.3, 0.4) is 0 Å². The van der Waals surface area contributed by atoms with Gasteiger partial charge in [0, 0.05) is 0 Å². The van der Waals surface area contributed by atoms with Crippen molar-refractivity contribution in [2.45, 2.75) is 25.2 Å². The molecule has 2 radical (unpaired) electrons. The number of hydrogen-bond acceptors (Lipinski definition) is 3. The molecule has 1 aliphatic heterocycles. The van der Waals surface area contributed by atoms with Crippen molar-refractivity contribution in [2.75, 3.05) is 21.3 Å². The average molecular weight is 623 g/mol. The molecule has 2 atom stereocenters. The molecule has 0 bridgehead atoms. The Morgan fingerprint density at radius 2 is 0.969 bits per heavy atom. The fraction of sp³-hybridized carbons (Fsp3) is 0.308. The standard InChI is InChI=1S/C26H26O3Se3/c1-27-22-10-4-18(5-11-22)19-16-25(30,20-6-12-23(28-2)13-7-20)32-26(31,17-19)21-8-14-24(29-3)15-9-21/h4-15,19H,16-17H2,1-3H3. The van der Waals surface area contributed by atoms with Crippen molar-refractivity contribution in [3.8, 4) is 17.2 Å². The summed E-state index contributed by atoms with van der Waals surface area (Å²) in [7, 11) is 5.13. The van der Waals surface area contributed by atoms with Gasteiger partial charge in [-0.15, -0.1) is 0 Å². The second-order valence-electron chi connectivity index (χ2n) is 7.94. The number of rotatable bonds is 6. The van der Waals surface area contributed by atoms with Crippen molar-refractivity contribution in [2.24, 2.45) is 0 Å². The number of benzene rings is 3. The molecule has 1 saturated heterocycles. The SMILES string of the molecule is COc1ccc(C2CC([Se])(c3ccc(OC)cc3)[Se]C([Se])(c3ccc(OC)cc3)C2)cc1. The molecule has 166 valence electrons. The van der Waals surface area contributed by atoms with E-state index < -0.39 is 0 Å². The molecule has 3 aromatic rings. The minimum absolute atomic E-state index is 0.0483. The molecule has 3 nitrogen and oxygen atoms in total. The molecule has 0 N–H and O–H groups in total. The van der Waals surface area contributed by atoms with Gasteiger partial charge in [0.25, 0.3) is 0 Å². The van der Waals surface area contributed by atoms with E-state index in [9.17, 15) is 0 Å². The van der Waals surface area contributed by atoms with E-state index in [2.05, 4.69) is 105 Å². The van der Waals surface area contributed by atoms with E-state index in [1.54, 1.807) is 21.3 Å². The van der Waals surface area contributed by atoms with E-state index in [0.29, 0.717) is 5.92 Å². The van der Waals surface area contributed by atoms with Crippen LogP contribution < -0.4 is 14.2 Å². The van der Waals surface area contributed by atoms with Crippen molar-refractivity contribution < 1.29 is 14.2 Å². The van der Waals surface area contributed by atoms with Gasteiger partial charge in [-0.2, -0.15) is 0 Å². The van der Waals surface area contributed by atoms with Crippen molar-refractivity contribution in [1.82, 2.24) is 0 Å². The first-order valence-corrected chi connectivity index (χ1v) is 13.9. The summed E-state index contributed by atoms with van der Waals surface area (Å²) in [6, 6.07) is 25.7. The van der Waals surface area contributed by atoms with Crippen molar-refractivity contribution >= 4 is 47.0 Å². The molecule has 0 aromatic heterocycles. The Bertz CT molecular complexity index is 976. The molecule has 0 spiro atoms. The van der Waals surface area contributed by atoms with Gasteiger partial charge in [-0.3, -0.25) is 0 Å². The van der Waals surface area contributed by atoms with Gasteiger partial charge in [0.05, 0.1) is 0 Å². The van der Waals surface area contributed by atoms with Gasteiger partial charge < -0.3 is 0 Å². The second-order valence-corrected chi connectivity index (χ2v) is 16.8. The minimum atomic E-state index is -0.0483. The Morgan fingerprint density at radius 1 is 0.625 bits per heavy atom. The van der Waals surface area contributed by atoms with E-state index in [0.717, 1.165) is 30.1 Å². The zero-order valence-corrected chi connectivity index (χ0v) is 23.5. The quantitative estimate of drug-likeness (QED) is 0.383. The summed E-state index contributed by atoms with van der Waals surface area (Å²) in [5.74, 6) is 3.07. The van der Waals surface area contributed by atoms with Crippen molar-refractivity contribution in [3.05, 3.63) is 89.5 Å². The molecule has 0 aliphatic carbocycles. The van der Waals surface area contributed by atoms with E-state index in [1.165, 1.54) is 16.7 Å². The van der Waals surface area contributed by atoms with Gasteiger partial charge in [0.15, 0.2) is 0 Å². The van der Waals surface area contributed by atoms with E-state index in [4.69, 9.17) is 14.2 Å². The zero-order chi connectivity index (χ0) is 22.8.